The third-order valence-corrected chi connectivity index (χ3v) is 3.12. The Labute approximate surface area is 100 Å². The summed E-state index contributed by atoms with van der Waals surface area (Å²) in [5, 5.41) is 5.05. The molecule has 5 heteroatoms. The normalized spacial score (nSPS) is 13.1. The monoisotopic (exact) mass is 250 g/mol. The lowest BCUT2D eigenvalue weighted by Gasteiger charge is -2.10. The average Bonchev–Trinajstić information content (AvgIpc) is 2.55. The first kappa shape index (κ1) is 12.8. The van der Waals surface area contributed by atoms with Gasteiger partial charge >= 0.3 is 0 Å². The molecule has 0 aliphatic rings. The first-order valence-electron chi connectivity index (χ1n) is 4.96. The third kappa shape index (κ3) is 2.65. The van der Waals surface area contributed by atoms with E-state index in [1.807, 2.05) is 4.68 Å². The first-order chi connectivity index (χ1) is 7.15. The van der Waals surface area contributed by atoms with Gasteiger partial charge < -0.3 is 4.74 Å². The van der Waals surface area contributed by atoms with Crippen LogP contribution in [0.1, 0.15) is 37.6 Å². The van der Waals surface area contributed by atoms with Crippen molar-refractivity contribution in [2.45, 2.75) is 38.8 Å². The van der Waals surface area contributed by atoms with Gasteiger partial charge in [-0.25, -0.2) is 0 Å². The van der Waals surface area contributed by atoms with Crippen molar-refractivity contribution in [1.29, 1.82) is 0 Å². The zero-order valence-electron chi connectivity index (χ0n) is 9.26. The molecule has 1 aromatic heterocycles. The molecule has 1 atom stereocenters. The van der Waals surface area contributed by atoms with Gasteiger partial charge in [-0.3, -0.25) is 4.68 Å². The van der Waals surface area contributed by atoms with Gasteiger partial charge in [-0.2, -0.15) is 5.10 Å². The SMILES string of the molecule is CCC(C)n1nc(COC)c(CCl)c1Cl. The van der Waals surface area contributed by atoms with E-state index in [1.54, 1.807) is 7.11 Å². The lowest BCUT2D eigenvalue weighted by atomic mass is 10.2. The van der Waals surface area contributed by atoms with Crippen molar-refractivity contribution in [2.75, 3.05) is 7.11 Å². The second-order valence-corrected chi connectivity index (χ2v) is 4.11. The van der Waals surface area contributed by atoms with Crippen molar-refractivity contribution in [1.82, 2.24) is 9.78 Å². The molecule has 0 N–H and O–H groups in total. The van der Waals surface area contributed by atoms with Gasteiger partial charge in [-0.1, -0.05) is 18.5 Å². The lowest BCUT2D eigenvalue weighted by Crippen LogP contribution is -2.06. The molecule has 0 aliphatic heterocycles. The highest BCUT2D eigenvalue weighted by molar-refractivity contribution is 6.31. The van der Waals surface area contributed by atoms with E-state index in [1.165, 1.54) is 0 Å². The second-order valence-electron chi connectivity index (χ2n) is 3.48. The number of hydrogen-bond acceptors (Lipinski definition) is 2. The minimum absolute atomic E-state index is 0.282. The highest BCUT2D eigenvalue weighted by atomic mass is 35.5. The maximum absolute atomic E-state index is 6.20. The largest absolute Gasteiger partial charge is 0.378 e. The summed E-state index contributed by atoms with van der Waals surface area (Å²) >= 11 is 12.0. The zero-order valence-corrected chi connectivity index (χ0v) is 10.8. The van der Waals surface area contributed by atoms with E-state index < -0.39 is 0 Å². The smallest absolute Gasteiger partial charge is 0.132 e. The van der Waals surface area contributed by atoms with Crippen LogP contribution in [-0.4, -0.2) is 16.9 Å². The summed E-state index contributed by atoms with van der Waals surface area (Å²) in [4.78, 5) is 0. The molecular formula is C10H16Cl2N2O. The Balaban J connectivity index is 3.08. The summed E-state index contributed by atoms with van der Waals surface area (Å²) in [5.74, 6) is 0.369. The summed E-state index contributed by atoms with van der Waals surface area (Å²) < 4.78 is 6.87. The van der Waals surface area contributed by atoms with Gasteiger partial charge in [0.1, 0.15) is 5.15 Å². The molecule has 1 rings (SSSR count). The Morgan fingerprint density at radius 1 is 1.53 bits per heavy atom. The summed E-state index contributed by atoms with van der Waals surface area (Å²) in [6.45, 7) is 4.62. The topological polar surface area (TPSA) is 27.1 Å². The average molecular weight is 251 g/mol. The number of aromatic nitrogens is 2. The molecule has 0 fully saturated rings. The molecule has 0 saturated heterocycles. The van der Waals surface area contributed by atoms with Crippen LogP contribution in [0.25, 0.3) is 0 Å². The van der Waals surface area contributed by atoms with E-state index in [0.717, 1.165) is 17.7 Å². The molecule has 3 nitrogen and oxygen atoms in total. The van der Waals surface area contributed by atoms with E-state index in [0.29, 0.717) is 17.6 Å². The van der Waals surface area contributed by atoms with Crippen LogP contribution in [0.4, 0.5) is 0 Å². The van der Waals surface area contributed by atoms with Gasteiger partial charge in [-0.05, 0) is 13.3 Å². The molecule has 1 aromatic rings. The second kappa shape index (κ2) is 5.73. The molecule has 0 bridgehead atoms. The van der Waals surface area contributed by atoms with Crippen LogP contribution in [0, 0.1) is 0 Å². The molecule has 0 radical (unpaired) electrons. The molecule has 0 aliphatic carbocycles. The number of halogens is 2. The van der Waals surface area contributed by atoms with Gasteiger partial charge in [-0.15, -0.1) is 11.6 Å². The Kier molecular flexibility index (Phi) is 4.90. The van der Waals surface area contributed by atoms with Crippen molar-refractivity contribution in [3.8, 4) is 0 Å². The van der Waals surface area contributed by atoms with Crippen molar-refractivity contribution < 1.29 is 4.74 Å². The summed E-state index contributed by atoms with van der Waals surface area (Å²) in [5.41, 5.74) is 1.71. The highest BCUT2D eigenvalue weighted by Gasteiger charge is 2.17. The first-order valence-corrected chi connectivity index (χ1v) is 5.87. The quantitative estimate of drug-likeness (QED) is 0.750. The molecule has 0 amide bonds. The standard InChI is InChI=1S/C10H16Cl2N2O/c1-4-7(2)14-10(12)8(5-11)9(13-14)6-15-3/h7H,4-6H2,1-3H3. The number of ether oxygens (including phenoxy) is 1. The summed E-state index contributed by atoms with van der Waals surface area (Å²) in [6, 6.07) is 0.282. The van der Waals surface area contributed by atoms with Crippen molar-refractivity contribution >= 4 is 23.2 Å². The summed E-state index contributed by atoms with van der Waals surface area (Å²) in [7, 11) is 1.63. The zero-order chi connectivity index (χ0) is 11.4. The van der Waals surface area contributed by atoms with Crippen molar-refractivity contribution in [3.63, 3.8) is 0 Å². The maximum Gasteiger partial charge on any atom is 0.132 e. The van der Waals surface area contributed by atoms with Crippen molar-refractivity contribution in [2.24, 2.45) is 0 Å². The van der Waals surface area contributed by atoms with Crippen LogP contribution in [0.5, 0.6) is 0 Å². The van der Waals surface area contributed by atoms with Gasteiger partial charge in [0.25, 0.3) is 0 Å². The molecule has 0 saturated carbocycles. The molecule has 15 heavy (non-hydrogen) atoms. The van der Waals surface area contributed by atoms with E-state index in [4.69, 9.17) is 27.9 Å². The van der Waals surface area contributed by atoms with Crippen LogP contribution < -0.4 is 0 Å². The number of nitrogens with zero attached hydrogens (tertiary/aromatic N) is 2. The van der Waals surface area contributed by atoms with Gasteiger partial charge in [0, 0.05) is 12.7 Å². The highest BCUT2D eigenvalue weighted by Crippen LogP contribution is 2.26. The molecule has 0 spiro atoms. The minimum Gasteiger partial charge on any atom is -0.378 e. The Morgan fingerprint density at radius 2 is 2.20 bits per heavy atom. The Morgan fingerprint density at radius 3 is 2.67 bits per heavy atom. The lowest BCUT2D eigenvalue weighted by molar-refractivity contribution is 0.180. The number of rotatable bonds is 5. The third-order valence-electron chi connectivity index (χ3n) is 2.45. The van der Waals surface area contributed by atoms with Crippen LogP contribution in [0.15, 0.2) is 0 Å². The van der Waals surface area contributed by atoms with Gasteiger partial charge in [0.2, 0.25) is 0 Å². The van der Waals surface area contributed by atoms with Crippen LogP contribution in [0.2, 0.25) is 5.15 Å². The van der Waals surface area contributed by atoms with E-state index in [-0.39, 0.29) is 6.04 Å². The number of alkyl halides is 1. The fraction of sp³-hybridized carbons (Fsp3) is 0.700. The number of methoxy groups -OCH3 is 1. The van der Waals surface area contributed by atoms with Crippen molar-refractivity contribution in [3.05, 3.63) is 16.4 Å². The van der Waals surface area contributed by atoms with E-state index in [9.17, 15) is 0 Å². The van der Waals surface area contributed by atoms with Crippen LogP contribution in [0.3, 0.4) is 0 Å². The predicted molar refractivity (Wildman–Crippen MR) is 62.5 cm³/mol. The Hall–Kier alpha value is -0.250. The van der Waals surface area contributed by atoms with E-state index in [2.05, 4.69) is 18.9 Å². The van der Waals surface area contributed by atoms with Crippen LogP contribution >= 0.6 is 23.2 Å². The summed E-state index contributed by atoms with van der Waals surface area (Å²) in [6.07, 6.45) is 0.982. The Bertz CT molecular complexity index is 325. The van der Waals surface area contributed by atoms with E-state index >= 15 is 0 Å². The predicted octanol–water partition coefficient (Wildman–Crippen LogP) is 3.39. The number of hydrogen-bond donors (Lipinski definition) is 0. The molecule has 1 unspecified atom stereocenters. The minimum atomic E-state index is 0.282. The molecular weight excluding hydrogens is 235 g/mol. The van der Waals surface area contributed by atoms with Crippen LogP contribution in [-0.2, 0) is 17.2 Å². The molecule has 86 valence electrons. The molecule has 0 aromatic carbocycles. The van der Waals surface area contributed by atoms with Gasteiger partial charge in [0.15, 0.2) is 0 Å². The fourth-order valence-corrected chi connectivity index (χ4v) is 2.07. The fourth-order valence-electron chi connectivity index (χ4n) is 1.34. The maximum atomic E-state index is 6.20. The molecule has 1 heterocycles. The van der Waals surface area contributed by atoms with Gasteiger partial charge in [0.05, 0.1) is 24.2 Å².